The maximum Gasteiger partial charge on any atom is 0.278 e. The van der Waals surface area contributed by atoms with Crippen molar-refractivity contribution < 1.29 is 14.7 Å². The first kappa shape index (κ1) is 15.7. The van der Waals surface area contributed by atoms with Gasteiger partial charge in [-0.2, -0.15) is 0 Å². The number of aromatic nitrogens is 1. The lowest BCUT2D eigenvalue weighted by molar-refractivity contribution is -0.0778. The smallest absolute Gasteiger partial charge is 0.278 e. The van der Waals surface area contributed by atoms with Crippen LogP contribution in [0.1, 0.15) is 15.9 Å². The number of carbonyl (C=O) groups excluding carboxylic acids is 1. The van der Waals surface area contributed by atoms with Crippen LogP contribution in [-0.4, -0.2) is 40.3 Å². The summed E-state index contributed by atoms with van der Waals surface area (Å²) in [5.74, 6) is -0.261. The van der Waals surface area contributed by atoms with Crippen molar-refractivity contribution in [1.29, 1.82) is 0 Å². The van der Waals surface area contributed by atoms with E-state index < -0.39 is 6.10 Å². The number of carbonyl (C=O) groups is 1. The van der Waals surface area contributed by atoms with Crippen LogP contribution in [0.25, 0.3) is 22.2 Å². The monoisotopic (exact) mass is 334 g/mol. The topological polar surface area (TPSA) is 62.7 Å². The first-order valence-electron chi connectivity index (χ1n) is 8.21. The Kier molecular flexibility index (Phi) is 3.95. The molecule has 1 fully saturated rings. The van der Waals surface area contributed by atoms with Crippen LogP contribution < -0.4 is 0 Å². The van der Waals surface area contributed by atoms with E-state index in [9.17, 15) is 9.90 Å². The predicted octanol–water partition coefficient (Wildman–Crippen LogP) is 2.96. The summed E-state index contributed by atoms with van der Waals surface area (Å²) in [6.45, 7) is 2.34. The van der Waals surface area contributed by atoms with Gasteiger partial charge in [-0.3, -0.25) is 9.63 Å². The molecule has 5 heteroatoms. The molecule has 1 aliphatic rings. The number of aryl methyl sites for hydroxylation is 1. The number of hydrogen-bond acceptors (Lipinski definition) is 4. The normalized spacial score (nSPS) is 17.2. The number of hydroxylamine groups is 2. The maximum atomic E-state index is 12.9. The highest BCUT2D eigenvalue weighted by atomic mass is 16.7. The zero-order valence-corrected chi connectivity index (χ0v) is 13.8. The average molecular weight is 334 g/mol. The van der Waals surface area contributed by atoms with E-state index in [4.69, 9.17) is 9.82 Å². The minimum absolute atomic E-state index is 0.138. The van der Waals surface area contributed by atoms with E-state index in [0.717, 1.165) is 22.2 Å². The minimum Gasteiger partial charge on any atom is -0.389 e. The molecule has 2 aromatic carbocycles. The van der Waals surface area contributed by atoms with E-state index in [0.29, 0.717) is 5.56 Å². The quantitative estimate of drug-likeness (QED) is 0.783. The fourth-order valence-corrected chi connectivity index (χ4v) is 2.97. The number of hydrogen-bond donors (Lipinski definition) is 1. The highest BCUT2D eigenvalue weighted by Crippen LogP contribution is 2.26. The Hall–Kier alpha value is -2.76. The van der Waals surface area contributed by atoms with Gasteiger partial charge in [0.15, 0.2) is 0 Å². The first-order chi connectivity index (χ1) is 12.1. The van der Waals surface area contributed by atoms with Crippen LogP contribution in [0.2, 0.25) is 0 Å². The fraction of sp³-hybridized carbons (Fsp3) is 0.200. The maximum absolute atomic E-state index is 12.9. The van der Waals surface area contributed by atoms with E-state index in [1.54, 1.807) is 6.07 Å². The minimum atomic E-state index is -0.645. The Bertz CT molecular complexity index is 937. The molecule has 1 atom stereocenters. The zero-order valence-electron chi connectivity index (χ0n) is 13.8. The molecule has 0 unspecified atom stereocenters. The fourth-order valence-electron chi connectivity index (χ4n) is 2.97. The van der Waals surface area contributed by atoms with Crippen molar-refractivity contribution in [2.24, 2.45) is 0 Å². The average Bonchev–Trinajstić information content (AvgIpc) is 3.07. The standard InChI is InChI=1S/C20H18N2O3/c1-13-6-8-14(9-7-13)19-10-17(16-4-2-3-5-18(16)21-19)20(24)22-11-15(23)12-25-22/h2-10,15,23H,11-12H2,1H3/t15-/m1/s1. The van der Waals surface area contributed by atoms with Crippen LogP contribution in [0.4, 0.5) is 0 Å². The molecule has 2 heterocycles. The summed E-state index contributed by atoms with van der Waals surface area (Å²) in [5.41, 5.74) is 4.13. The molecule has 0 aliphatic carbocycles. The van der Waals surface area contributed by atoms with E-state index in [1.807, 2.05) is 55.5 Å². The summed E-state index contributed by atoms with van der Waals surface area (Å²) in [4.78, 5) is 22.9. The van der Waals surface area contributed by atoms with Gasteiger partial charge in [0.25, 0.3) is 5.91 Å². The second kappa shape index (κ2) is 6.27. The van der Waals surface area contributed by atoms with E-state index >= 15 is 0 Å². The summed E-state index contributed by atoms with van der Waals surface area (Å²) in [6.07, 6.45) is -0.645. The molecular formula is C20H18N2O3. The molecule has 3 aromatic rings. The van der Waals surface area contributed by atoms with E-state index in [1.165, 1.54) is 10.6 Å². The largest absolute Gasteiger partial charge is 0.389 e. The molecule has 25 heavy (non-hydrogen) atoms. The van der Waals surface area contributed by atoms with Crippen molar-refractivity contribution in [2.45, 2.75) is 13.0 Å². The van der Waals surface area contributed by atoms with Crippen LogP contribution in [0.5, 0.6) is 0 Å². The van der Waals surface area contributed by atoms with Crippen LogP contribution in [-0.2, 0) is 4.84 Å². The van der Waals surface area contributed by atoms with Gasteiger partial charge in [-0.1, -0.05) is 48.0 Å². The molecule has 0 radical (unpaired) electrons. The van der Waals surface area contributed by atoms with Crippen LogP contribution >= 0.6 is 0 Å². The van der Waals surface area contributed by atoms with Crippen molar-refractivity contribution in [3.63, 3.8) is 0 Å². The Morgan fingerprint density at radius 2 is 1.96 bits per heavy atom. The van der Waals surface area contributed by atoms with Crippen molar-refractivity contribution in [3.05, 3.63) is 65.7 Å². The van der Waals surface area contributed by atoms with Gasteiger partial charge in [-0.15, -0.1) is 0 Å². The van der Waals surface area contributed by atoms with Gasteiger partial charge in [0.05, 0.1) is 23.3 Å². The Morgan fingerprint density at radius 1 is 1.20 bits per heavy atom. The van der Waals surface area contributed by atoms with Gasteiger partial charge >= 0.3 is 0 Å². The van der Waals surface area contributed by atoms with Gasteiger partial charge in [0.1, 0.15) is 12.7 Å². The lowest BCUT2D eigenvalue weighted by Crippen LogP contribution is -2.28. The number of nitrogens with zero attached hydrogens (tertiary/aromatic N) is 2. The molecule has 1 saturated heterocycles. The molecule has 1 aliphatic heterocycles. The number of benzene rings is 2. The number of aliphatic hydroxyl groups is 1. The highest BCUT2D eigenvalue weighted by Gasteiger charge is 2.28. The molecule has 0 bridgehead atoms. The third-order valence-electron chi connectivity index (χ3n) is 4.32. The van der Waals surface area contributed by atoms with Gasteiger partial charge < -0.3 is 5.11 Å². The van der Waals surface area contributed by atoms with Crippen LogP contribution in [0, 0.1) is 6.92 Å². The van der Waals surface area contributed by atoms with Gasteiger partial charge in [0.2, 0.25) is 0 Å². The molecule has 1 N–H and O–H groups in total. The summed E-state index contributed by atoms with van der Waals surface area (Å²) >= 11 is 0. The van der Waals surface area contributed by atoms with Crippen molar-refractivity contribution in [2.75, 3.05) is 13.2 Å². The third-order valence-corrected chi connectivity index (χ3v) is 4.32. The number of β-amino-alcohol motifs (C(OH)–C–C–N with tert-alkyl or cyclic N) is 1. The van der Waals surface area contributed by atoms with Crippen LogP contribution in [0.3, 0.4) is 0 Å². The number of para-hydroxylation sites is 1. The van der Waals surface area contributed by atoms with Gasteiger partial charge in [-0.25, -0.2) is 10.0 Å². The SMILES string of the molecule is Cc1ccc(-c2cc(C(=O)N3C[C@@H](O)CO3)c3ccccc3n2)cc1. The van der Waals surface area contributed by atoms with Gasteiger partial charge in [0, 0.05) is 10.9 Å². The summed E-state index contributed by atoms with van der Waals surface area (Å²) in [6, 6.07) is 17.4. The van der Waals surface area contributed by atoms with Crippen molar-refractivity contribution in [3.8, 4) is 11.3 Å². The van der Waals surface area contributed by atoms with Crippen molar-refractivity contribution >= 4 is 16.8 Å². The lowest BCUT2D eigenvalue weighted by Gasteiger charge is -2.16. The highest BCUT2D eigenvalue weighted by molar-refractivity contribution is 6.06. The summed E-state index contributed by atoms with van der Waals surface area (Å²) in [5, 5.41) is 11.6. The summed E-state index contributed by atoms with van der Waals surface area (Å²) < 4.78 is 0. The number of pyridine rings is 1. The third kappa shape index (κ3) is 2.99. The second-order valence-electron chi connectivity index (χ2n) is 6.25. The molecule has 126 valence electrons. The molecule has 4 rings (SSSR count). The molecule has 1 amide bonds. The zero-order chi connectivity index (χ0) is 17.4. The van der Waals surface area contributed by atoms with Gasteiger partial charge in [-0.05, 0) is 19.1 Å². The Morgan fingerprint density at radius 3 is 2.68 bits per heavy atom. The molecule has 0 spiro atoms. The van der Waals surface area contributed by atoms with Crippen LogP contribution in [0.15, 0.2) is 54.6 Å². The number of amides is 1. The Labute approximate surface area is 145 Å². The van der Waals surface area contributed by atoms with Crippen molar-refractivity contribution in [1.82, 2.24) is 10.0 Å². The summed E-state index contributed by atoms with van der Waals surface area (Å²) in [7, 11) is 0. The molecule has 5 nitrogen and oxygen atoms in total. The van der Waals surface area contributed by atoms with E-state index in [2.05, 4.69) is 0 Å². The first-order valence-corrected chi connectivity index (χ1v) is 8.21. The molecule has 1 aromatic heterocycles. The number of aliphatic hydroxyl groups excluding tert-OH is 1. The predicted molar refractivity (Wildman–Crippen MR) is 94.9 cm³/mol. The number of rotatable bonds is 2. The Balaban J connectivity index is 1.84. The number of fused-ring (bicyclic) bond motifs is 1. The van der Waals surface area contributed by atoms with E-state index in [-0.39, 0.29) is 19.1 Å². The molecular weight excluding hydrogens is 316 g/mol. The lowest BCUT2D eigenvalue weighted by atomic mass is 10.0. The second-order valence-corrected chi connectivity index (χ2v) is 6.25. The molecule has 0 saturated carbocycles.